The number of aryl methyl sites for hydroxylation is 1. The van der Waals surface area contributed by atoms with Crippen molar-refractivity contribution in [2.75, 3.05) is 0 Å². The average Bonchev–Trinajstić information content (AvgIpc) is 2.95. The van der Waals surface area contributed by atoms with Crippen LogP contribution in [0.1, 0.15) is 52.2 Å². The van der Waals surface area contributed by atoms with Crippen molar-refractivity contribution >= 4 is 11.5 Å². The highest BCUT2D eigenvalue weighted by molar-refractivity contribution is 6.20. The molecule has 0 bridgehead atoms. The molecule has 1 fully saturated rings. The molecule has 0 amide bonds. The molecule has 0 N–H and O–H groups in total. The lowest BCUT2D eigenvalue weighted by Crippen LogP contribution is -2.49. The van der Waals surface area contributed by atoms with Crippen LogP contribution in [0.3, 0.4) is 0 Å². The van der Waals surface area contributed by atoms with Gasteiger partial charge in [0.25, 0.3) is 0 Å². The Morgan fingerprint density at radius 2 is 1.73 bits per heavy atom. The summed E-state index contributed by atoms with van der Waals surface area (Å²) in [5.41, 5.74) is 4.97. The first-order valence-electron chi connectivity index (χ1n) is 9.54. The lowest BCUT2D eigenvalue weighted by Gasteiger charge is -2.49. The third kappa shape index (κ3) is 1.76. The number of carbonyl (C=O) groups is 1. The third-order valence-corrected chi connectivity index (χ3v) is 6.49. The Morgan fingerprint density at radius 1 is 0.962 bits per heavy atom. The Hall–Kier alpha value is -2.55. The molecule has 1 saturated carbocycles. The normalized spacial score (nSPS) is 30.6. The Bertz CT molecular complexity index is 987. The van der Waals surface area contributed by atoms with E-state index in [9.17, 15) is 4.79 Å². The number of fused-ring (bicyclic) bond motifs is 5. The summed E-state index contributed by atoms with van der Waals surface area (Å²) in [5, 5.41) is 0. The fourth-order valence-corrected chi connectivity index (χ4v) is 5.42. The molecule has 4 atom stereocenters. The molecule has 4 aliphatic rings. The topological polar surface area (TPSA) is 35.5 Å². The van der Waals surface area contributed by atoms with Crippen LogP contribution >= 0.6 is 0 Å². The maximum atomic E-state index is 13.3. The van der Waals surface area contributed by atoms with Crippen LogP contribution in [0, 0.1) is 12.8 Å². The highest BCUT2D eigenvalue weighted by Gasteiger charge is 2.54. The van der Waals surface area contributed by atoms with Gasteiger partial charge in [-0.05, 0) is 32.3 Å². The van der Waals surface area contributed by atoms with Gasteiger partial charge in [0.05, 0.1) is 5.57 Å². The fourth-order valence-electron chi connectivity index (χ4n) is 5.42. The van der Waals surface area contributed by atoms with Crippen LogP contribution in [0.4, 0.5) is 0 Å². The first-order chi connectivity index (χ1) is 12.7. The van der Waals surface area contributed by atoms with E-state index >= 15 is 0 Å². The molecule has 0 saturated heterocycles. The van der Waals surface area contributed by atoms with Crippen molar-refractivity contribution in [1.82, 2.24) is 0 Å². The highest BCUT2D eigenvalue weighted by Crippen LogP contribution is 2.57. The van der Waals surface area contributed by atoms with Gasteiger partial charge < -0.3 is 9.47 Å². The molecule has 2 aromatic rings. The minimum absolute atomic E-state index is 0.0811. The first kappa shape index (κ1) is 14.6. The standard InChI is InChI=1S/C23H20O3/c1-12-9-10-16-15(11-12)19-20-17(25-16)7-4-8-18(20)26-23-14-6-3-2-5-13(14)22(24)21(19)23/h2-3,5-6,9-11,17-20H,4,7-8H2,1H3/t17-,18+,19-,20-/m1/s1. The van der Waals surface area contributed by atoms with Crippen molar-refractivity contribution in [3.05, 3.63) is 70.3 Å². The lowest BCUT2D eigenvalue weighted by atomic mass is 9.66. The van der Waals surface area contributed by atoms with E-state index in [4.69, 9.17) is 9.47 Å². The van der Waals surface area contributed by atoms with E-state index < -0.39 is 0 Å². The Kier molecular flexibility index (Phi) is 2.81. The summed E-state index contributed by atoms with van der Waals surface area (Å²) in [6.07, 6.45) is 3.45. The number of hydrogen-bond acceptors (Lipinski definition) is 3. The van der Waals surface area contributed by atoms with Gasteiger partial charge in [0.2, 0.25) is 0 Å². The molecule has 0 spiro atoms. The first-order valence-corrected chi connectivity index (χ1v) is 9.54. The summed E-state index contributed by atoms with van der Waals surface area (Å²) >= 11 is 0. The van der Waals surface area contributed by atoms with Crippen LogP contribution in [0.2, 0.25) is 0 Å². The molecule has 0 radical (unpaired) electrons. The fraction of sp³-hybridized carbons (Fsp3) is 0.348. The van der Waals surface area contributed by atoms with E-state index in [0.29, 0.717) is 0 Å². The van der Waals surface area contributed by atoms with Crippen LogP contribution in [-0.2, 0) is 4.74 Å². The molecule has 6 rings (SSSR count). The maximum absolute atomic E-state index is 13.3. The smallest absolute Gasteiger partial charge is 0.194 e. The van der Waals surface area contributed by atoms with Gasteiger partial charge in [-0.2, -0.15) is 0 Å². The van der Waals surface area contributed by atoms with Gasteiger partial charge in [0, 0.05) is 28.5 Å². The zero-order chi connectivity index (χ0) is 17.4. The number of carbonyl (C=O) groups excluding carboxylic acids is 1. The second-order valence-electron chi connectivity index (χ2n) is 7.96. The molecule has 2 aromatic carbocycles. The van der Waals surface area contributed by atoms with Gasteiger partial charge in [0.15, 0.2) is 5.78 Å². The summed E-state index contributed by atoms with van der Waals surface area (Å²) in [5.74, 6) is 2.22. The molecule has 2 heterocycles. The lowest BCUT2D eigenvalue weighted by molar-refractivity contribution is -0.0401. The summed E-state index contributed by atoms with van der Waals surface area (Å²) < 4.78 is 12.8. The second-order valence-corrected chi connectivity index (χ2v) is 7.96. The van der Waals surface area contributed by atoms with Gasteiger partial charge in [-0.15, -0.1) is 0 Å². The van der Waals surface area contributed by atoms with E-state index in [1.807, 2.05) is 24.3 Å². The van der Waals surface area contributed by atoms with Gasteiger partial charge in [-0.3, -0.25) is 4.79 Å². The second kappa shape index (κ2) is 5.00. The van der Waals surface area contributed by atoms with E-state index in [1.54, 1.807) is 0 Å². The van der Waals surface area contributed by atoms with Crippen molar-refractivity contribution in [1.29, 1.82) is 0 Å². The van der Waals surface area contributed by atoms with Crippen molar-refractivity contribution in [3.63, 3.8) is 0 Å². The molecule has 0 unspecified atom stereocenters. The number of Topliss-reactive ketones (excluding diaryl/α,β-unsaturated/α-hetero) is 1. The summed E-state index contributed by atoms with van der Waals surface area (Å²) in [6.45, 7) is 2.10. The molecule has 3 nitrogen and oxygen atoms in total. The predicted molar refractivity (Wildman–Crippen MR) is 98.2 cm³/mol. The van der Waals surface area contributed by atoms with Gasteiger partial charge in [0.1, 0.15) is 23.7 Å². The number of benzene rings is 2. The highest BCUT2D eigenvalue weighted by atomic mass is 16.5. The van der Waals surface area contributed by atoms with Gasteiger partial charge in [-0.1, -0.05) is 42.0 Å². The van der Waals surface area contributed by atoms with E-state index in [1.165, 1.54) is 5.56 Å². The Labute approximate surface area is 152 Å². The van der Waals surface area contributed by atoms with Crippen LogP contribution in [0.15, 0.2) is 48.0 Å². The summed E-state index contributed by atoms with van der Waals surface area (Å²) in [4.78, 5) is 13.3. The molecule has 26 heavy (non-hydrogen) atoms. The number of ether oxygens (including phenoxy) is 2. The number of allylic oxidation sites excluding steroid dienone is 1. The SMILES string of the molecule is Cc1ccc2c(c1)[C@H]1C3=C(O[C@H]4CCC[C@@H](O2)[C@H]41)c1ccccc1C3=O. The zero-order valence-electron chi connectivity index (χ0n) is 14.7. The quantitative estimate of drug-likeness (QED) is 0.698. The molecular formula is C23H20O3. The van der Waals surface area contributed by atoms with Crippen molar-refractivity contribution < 1.29 is 14.3 Å². The number of ketones is 1. The molecule has 2 aliphatic heterocycles. The van der Waals surface area contributed by atoms with Crippen LogP contribution in [0.25, 0.3) is 5.76 Å². The summed E-state index contributed by atoms with van der Waals surface area (Å²) in [6, 6.07) is 14.3. The van der Waals surface area contributed by atoms with Crippen LogP contribution in [-0.4, -0.2) is 18.0 Å². The Morgan fingerprint density at radius 3 is 2.58 bits per heavy atom. The van der Waals surface area contributed by atoms with Crippen molar-refractivity contribution in [3.8, 4) is 5.75 Å². The van der Waals surface area contributed by atoms with Gasteiger partial charge >= 0.3 is 0 Å². The predicted octanol–water partition coefficient (Wildman–Crippen LogP) is 4.65. The molecule has 0 aromatic heterocycles. The van der Waals surface area contributed by atoms with E-state index in [-0.39, 0.29) is 29.8 Å². The molecular weight excluding hydrogens is 324 g/mol. The van der Waals surface area contributed by atoms with Crippen LogP contribution < -0.4 is 4.74 Å². The van der Waals surface area contributed by atoms with Crippen molar-refractivity contribution in [2.45, 2.75) is 44.3 Å². The Balaban J connectivity index is 1.62. The minimum atomic E-state index is 0.0811. The van der Waals surface area contributed by atoms with E-state index in [0.717, 1.165) is 53.0 Å². The van der Waals surface area contributed by atoms with E-state index in [2.05, 4.69) is 25.1 Å². The average molecular weight is 344 g/mol. The minimum Gasteiger partial charge on any atom is -0.490 e. The zero-order valence-corrected chi connectivity index (χ0v) is 14.7. The largest absolute Gasteiger partial charge is 0.490 e. The number of rotatable bonds is 0. The van der Waals surface area contributed by atoms with Crippen LogP contribution in [0.5, 0.6) is 5.75 Å². The molecule has 3 heteroatoms. The van der Waals surface area contributed by atoms with Crippen molar-refractivity contribution in [2.24, 2.45) is 5.92 Å². The monoisotopic (exact) mass is 344 g/mol. The number of hydrogen-bond donors (Lipinski definition) is 0. The third-order valence-electron chi connectivity index (χ3n) is 6.49. The van der Waals surface area contributed by atoms with Gasteiger partial charge in [-0.25, -0.2) is 0 Å². The molecule has 130 valence electrons. The summed E-state index contributed by atoms with van der Waals surface area (Å²) in [7, 11) is 0. The molecule has 2 aliphatic carbocycles. The maximum Gasteiger partial charge on any atom is 0.194 e.